The van der Waals surface area contributed by atoms with Gasteiger partial charge in [0.15, 0.2) is 5.78 Å². The number of aromatic nitrogens is 3. The van der Waals surface area contributed by atoms with E-state index in [0.717, 1.165) is 5.52 Å². The minimum atomic E-state index is -0.216. The van der Waals surface area contributed by atoms with Gasteiger partial charge in [-0.05, 0) is 32.0 Å². The zero-order chi connectivity index (χ0) is 18.1. The molecule has 25 heavy (non-hydrogen) atoms. The van der Waals surface area contributed by atoms with Crippen molar-refractivity contribution in [3.05, 3.63) is 30.0 Å². The van der Waals surface area contributed by atoms with E-state index < -0.39 is 0 Å². The van der Waals surface area contributed by atoms with Gasteiger partial charge in [-0.25, -0.2) is 9.78 Å². The second-order valence-electron chi connectivity index (χ2n) is 5.06. The number of carbonyl (C=O) groups is 2. The lowest BCUT2D eigenvalue weighted by molar-refractivity contribution is -0.284. The highest BCUT2D eigenvalue weighted by Gasteiger charge is 2.07. The molecule has 9 nitrogen and oxygen atoms in total. The normalized spacial score (nSPS) is 11.5. The first-order valence-corrected chi connectivity index (χ1v) is 7.76. The van der Waals surface area contributed by atoms with Gasteiger partial charge < -0.3 is 10.1 Å². The van der Waals surface area contributed by atoms with Crippen LogP contribution in [0.5, 0.6) is 0 Å². The van der Waals surface area contributed by atoms with E-state index in [2.05, 4.69) is 20.7 Å². The molecule has 1 aromatic heterocycles. The molecule has 0 saturated heterocycles. The van der Waals surface area contributed by atoms with Gasteiger partial charge in [-0.3, -0.25) is 9.59 Å². The summed E-state index contributed by atoms with van der Waals surface area (Å²) in [5.41, 5.74) is 2.33. The molecule has 0 spiro atoms. The smallest absolute Gasteiger partial charge is 0.227 e. The molecule has 0 unspecified atom stereocenters. The quantitative estimate of drug-likeness (QED) is 0.221. The van der Waals surface area contributed by atoms with Crippen molar-refractivity contribution in [1.29, 1.82) is 0 Å². The van der Waals surface area contributed by atoms with Crippen LogP contribution in [0.3, 0.4) is 0 Å². The van der Waals surface area contributed by atoms with E-state index in [4.69, 9.17) is 14.5 Å². The average Bonchev–Trinajstić information content (AvgIpc) is 3.04. The fourth-order valence-electron chi connectivity index (χ4n) is 1.86. The molecule has 0 bridgehead atoms. The summed E-state index contributed by atoms with van der Waals surface area (Å²) in [5.74, 6) is -0.406. The number of anilines is 1. The van der Waals surface area contributed by atoms with Crippen molar-refractivity contribution < 1.29 is 24.1 Å². The van der Waals surface area contributed by atoms with Crippen LogP contribution in [0.4, 0.5) is 5.69 Å². The first-order chi connectivity index (χ1) is 12.1. The van der Waals surface area contributed by atoms with E-state index in [1.165, 1.54) is 13.2 Å². The molecule has 0 aliphatic carbocycles. The van der Waals surface area contributed by atoms with E-state index in [-0.39, 0.29) is 31.3 Å². The highest BCUT2D eigenvalue weighted by atomic mass is 17.2. The van der Waals surface area contributed by atoms with E-state index in [9.17, 15) is 9.59 Å². The summed E-state index contributed by atoms with van der Waals surface area (Å²) < 4.78 is 5.25. The first-order valence-electron chi connectivity index (χ1n) is 7.76. The number of hydrogen-bond donors (Lipinski definition) is 2. The molecular formula is C16H20N4O5. The van der Waals surface area contributed by atoms with Crippen molar-refractivity contribution in [2.75, 3.05) is 25.1 Å². The third-order valence-corrected chi connectivity index (χ3v) is 3.14. The monoisotopic (exact) mass is 348 g/mol. The standard InChI is InChI=1S/C16H20N4O5/c1-3-24-25-10-12(11(2)21)9-23-7-6-16(22)17-13-4-5-14-15(8-13)19-20-18-14/h4-5,8-9H,3,6-7,10H2,1-2H3,(H,17,22)(H,18,19,20). The van der Waals surface area contributed by atoms with Gasteiger partial charge in [-0.2, -0.15) is 15.4 Å². The third kappa shape index (κ3) is 5.98. The van der Waals surface area contributed by atoms with Crippen LogP contribution in [0.15, 0.2) is 30.0 Å². The Kier molecular flexibility index (Phi) is 7.05. The number of benzene rings is 1. The van der Waals surface area contributed by atoms with Gasteiger partial charge in [0.25, 0.3) is 0 Å². The van der Waals surface area contributed by atoms with Crippen LogP contribution in [0, 0.1) is 0 Å². The molecule has 2 rings (SSSR count). The van der Waals surface area contributed by atoms with Crippen molar-refractivity contribution in [2.45, 2.75) is 20.3 Å². The number of aromatic amines is 1. The van der Waals surface area contributed by atoms with Crippen molar-refractivity contribution in [3.63, 3.8) is 0 Å². The van der Waals surface area contributed by atoms with Crippen LogP contribution in [0.25, 0.3) is 11.0 Å². The Hall–Kier alpha value is -2.78. The molecule has 9 heteroatoms. The van der Waals surface area contributed by atoms with Gasteiger partial charge >= 0.3 is 0 Å². The minimum Gasteiger partial charge on any atom is -0.500 e. The van der Waals surface area contributed by atoms with Crippen LogP contribution >= 0.6 is 0 Å². The molecule has 0 atom stereocenters. The summed E-state index contributed by atoms with van der Waals surface area (Å²) in [6, 6.07) is 5.21. The number of ether oxygens (including phenoxy) is 1. The first kappa shape index (κ1) is 18.6. The molecule has 0 fully saturated rings. The molecule has 0 aliphatic heterocycles. The average molecular weight is 348 g/mol. The Morgan fingerprint density at radius 3 is 2.80 bits per heavy atom. The van der Waals surface area contributed by atoms with Gasteiger partial charge in [0, 0.05) is 5.69 Å². The SMILES string of the molecule is CCOOCC(=COCCC(=O)Nc1ccc2n[nH]nc2c1)C(C)=O. The number of H-pyrrole nitrogens is 1. The Balaban J connectivity index is 1.76. The number of carbonyl (C=O) groups excluding carboxylic acids is 2. The Morgan fingerprint density at radius 2 is 2.04 bits per heavy atom. The second-order valence-corrected chi connectivity index (χ2v) is 5.06. The lowest BCUT2D eigenvalue weighted by Crippen LogP contribution is -2.14. The van der Waals surface area contributed by atoms with Crippen LogP contribution in [-0.2, 0) is 24.1 Å². The fourth-order valence-corrected chi connectivity index (χ4v) is 1.86. The molecule has 134 valence electrons. The topological polar surface area (TPSA) is 115 Å². The van der Waals surface area contributed by atoms with Crippen molar-refractivity contribution in [3.8, 4) is 0 Å². The number of rotatable bonds is 10. The zero-order valence-electron chi connectivity index (χ0n) is 14.1. The molecule has 2 N–H and O–H groups in total. The van der Waals surface area contributed by atoms with Gasteiger partial charge in [-0.1, -0.05) is 0 Å². The number of amides is 1. The van der Waals surface area contributed by atoms with Gasteiger partial charge in [0.1, 0.15) is 17.6 Å². The van der Waals surface area contributed by atoms with Gasteiger partial charge in [-0.15, -0.1) is 0 Å². The number of Topliss-reactive ketones (excluding diaryl/α,β-unsaturated/α-hetero) is 1. The van der Waals surface area contributed by atoms with E-state index in [0.29, 0.717) is 23.4 Å². The maximum atomic E-state index is 11.9. The molecule has 1 aromatic carbocycles. The molecule has 0 saturated carbocycles. The third-order valence-electron chi connectivity index (χ3n) is 3.14. The van der Waals surface area contributed by atoms with Crippen LogP contribution in [0.1, 0.15) is 20.3 Å². The Labute approximate surface area is 144 Å². The van der Waals surface area contributed by atoms with E-state index >= 15 is 0 Å². The lowest BCUT2D eigenvalue weighted by atomic mass is 10.2. The minimum absolute atomic E-state index is 0.00686. The number of nitrogens with one attached hydrogen (secondary N) is 2. The van der Waals surface area contributed by atoms with Gasteiger partial charge in [0.2, 0.25) is 5.91 Å². The lowest BCUT2D eigenvalue weighted by Gasteiger charge is -2.07. The molecule has 2 aromatic rings. The largest absolute Gasteiger partial charge is 0.500 e. The zero-order valence-corrected chi connectivity index (χ0v) is 14.1. The number of hydrogen-bond acceptors (Lipinski definition) is 7. The van der Waals surface area contributed by atoms with Crippen molar-refractivity contribution >= 4 is 28.4 Å². The fraction of sp³-hybridized carbons (Fsp3) is 0.375. The van der Waals surface area contributed by atoms with Crippen LogP contribution in [-0.4, -0.2) is 46.9 Å². The predicted molar refractivity (Wildman–Crippen MR) is 89.4 cm³/mol. The summed E-state index contributed by atoms with van der Waals surface area (Å²) in [4.78, 5) is 32.9. The summed E-state index contributed by atoms with van der Waals surface area (Å²) in [7, 11) is 0. The Bertz CT molecular complexity index is 756. The maximum absolute atomic E-state index is 11.9. The Morgan fingerprint density at radius 1 is 1.24 bits per heavy atom. The van der Waals surface area contributed by atoms with E-state index in [1.54, 1.807) is 25.1 Å². The molecule has 1 heterocycles. The molecule has 0 aliphatic rings. The van der Waals surface area contributed by atoms with E-state index in [1.807, 2.05) is 0 Å². The summed E-state index contributed by atoms with van der Waals surface area (Å²) >= 11 is 0. The van der Waals surface area contributed by atoms with Crippen LogP contribution < -0.4 is 5.32 Å². The molecule has 0 radical (unpaired) electrons. The number of nitrogens with zero attached hydrogens (tertiary/aromatic N) is 2. The highest BCUT2D eigenvalue weighted by molar-refractivity contribution is 5.93. The highest BCUT2D eigenvalue weighted by Crippen LogP contribution is 2.14. The molecular weight excluding hydrogens is 328 g/mol. The summed E-state index contributed by atoms with van der Waals surface area (Å²) in [6.07, 6.45) is 1.42. The van der Waals surface area contributed by atoms with Crippen LogP contribution in [0.2, 0.25) is 0 Å². The van der Waals surface area contributed by atoms with Gasteiger partial charge in [0.05, 0.1) is 31.5 Å². The number of fused-ring (bicyclic) bond motifs is 1. The number of ketones is 1. The van der Waals surface area contributed by atoms with Crippen molar-refractivity contribution in [2.24, 2.45) is 0 Å². The van der Waals surface area contributed by atoms with Crippen molar-refractivity contribution in [1.82, 2.24) is 15.4 Å². The summed E-state index contributed by atoms with van der Waals surface area (Å²) in [5, 5.41) is 13.1. The second kappa shape index (κ2) is 9.50. The predicted octanol–water partition coefficient (Wildman–Crippen LogP) is 1.74. The summed E-state index contributed by atoms with van der Waals surface area (Å²) in [6.45, 7) is 3.67. The molecule has 1 amide bonds. The maximum Gasteiger partial charge on any atom is 0.227 e.